The normalized spacial score (nSPS) is 20.7. The van der Waals surface area contributed by atoms with Crippen molar-refractivity contribution in [2.75, 3.05) is 0 Å². The van der Waals surface area contributed by atoms with Crippen molar-refractivity contribution in [2.45, 2.75) is 90.3 Å². The van der Waals surface area contributed by atoms with Crippen molar-refractivity contribution in [3.8, 4) is 0 Å². The molecule has 0 heterocycles. The number of carbonyl (C=O) groups is 2. The second-order valence-electron chi connectivity index (χ2n) is 9.51. The first-order chi connectivity index (χ1) is 12.4. The van der Waals surface area contributed by atoms with E-state index in [1.165, 1.54) is 5.56 Å². The molecule has 0 aliphatic heterocycles. The maximum Gasteiger partial charge on any atom is 0.407 e. The van der Waals surface area contributed by atoms with Crippen LogP contribution in [0.25, 0.3) is 0 Å². The molecule has 0 aromatic heterocycles. The van der Waals surface area contributed by atoms with Gasteiger partial charge in [-0.15, -0.1) is 0 Å². The molecule has 2 N–H and O–H groups in total. The summed E-state index contributed by atoms with van der Waals surface area (Å²) in [6.45, 7) is 12.0. The minimum absolute atomic E-state index is 0.0298. The van der Waals surface area contributed by atoms with Gasteiger partial charge in [0, 0.05) is 17.6 Å². The maximum absolute atomic E-state index is 12.6. The zero-order valence-corrected chi connectivity index (χ0v) is 17.5. The summed E-state index contributed by atoms with van der Waals surface area (Å²) in [7, 11) is 0. The summed E-state index contributed by atoms with van der Waals surface area (Å²) in [5.41, 5.74) is 1.44. The first-order valence-electron chi connectivity index (χ1n) is 9.85. The lowest BCUT2D eigenvalue weighted by Crippen LogP contribution is -2.46. The zero-order valence-electron chi connectivity index (χ0n) is 17.5. The number of ether oxygens (including phenoxy) is 1. The summed E-state index contributed by atoms with van der Waals surface area (Å²) in [6, 6.07) is 7.89. The van der Waals surface area contributed by atoms with E-state index in [-0.39, 0.29) is 23.4 Å². The molecule has 1 saturated carbocycles. The van der Waals surface area contributed by atoms with Crippen LogP contribution in [0.5, 0.6) is 0 Å². The third-order valence-corrected chi connectivity index (χ3v) is 4.74. The van der Waals surface area contributed by atoms with E-state index in [2.05, 4.69) is 31.4 Å². The molecule has 0 saturated heterocycles. The highest BCUT2D eigenvalue weighted by atomic mass is 16.6. The molecule has 0 unspecified atom stereocenters. The molecular formula is C22H34N2O3. The van der Waals surface area contributed by atoms with Gasteiger partial charge in [0.15, 0.2) is 0 Å². The second kappa shape index (κ2) is 8.32. The van der Waals surface area contributed by atoms with Crippen LogP contribution in [0.3, 0.4) is 0 Å². The number of rotatable bonds is 3. The molecule has 5 heteroatoms. The van der Waals surface area contributed by atoms with Gasteiger partial charge in [-0.25, -0.2) is 4.79 Å². The van der Waals surface area contributed by atoms with Gasteiger partial charge in [0.1, 0.15) is 5.60 Å². The summed E-state index contributed by atoms with van der Waals surface area (Å²) < 4.78 is 5.33. The average Bonchev–Trinajstić information content (AvgIpc) is 2.52. The molecule has 150 valence electrons. The van der Waals surface area contributed by atoms with E-state index >= 15 is 0 Å². The van der Waals surface area contributed by atoms with Crippen LogP contribution in [0.15, 0.2) is 24.3 Å². The molecule has 1 aliphatic rings. The third-order valence-electron chi connectivity index (χ3n) is 4.74. The Morgan fingerprint density at radius 1 is 0.926 bits per heavy atom. The minimum Gasteiger partial charge on any atom is -0.444 e. The van der Waals surface area contributed by atoms with Crippen LogP contribution in [0, 0.1) is 0 Å². The predicted molar refractivity (Wildman–Crippen MR) is 108 cm³/mol. The van der Waals surface area contributed by atoms with Crippen molar-refractivity contribution in [1.29, 1.82) is 0 Å². The Bertz CT molecular complexity index is 654. The van der Waals surface area contributed by atoms with E-state index in [0.717, 1.165) is 25.7 Å². The molecule has 27 heavy (non-hydrogen) atoms. The van der Waals surface area contributed by atoms with Gasteiger partial charge in [0.25, 0.3) is 5.91 Å². The summed E-state index contributed by atoms with van der Waals surface area (Å²) >= 11 is 0. The van der Waals surface area contributed by atoms with Crippen molar-refractivity contribution < 1.29 is 14.3 Å². The fraction of sp³-hybridized carbons (Fsp3) is 0.636. The first kappa shape index (κ1) is 21.3. The van der Waals surface area contributed by atoms with E-state index in [0.29, 0.717) is 5.56 Å². The minimum atomic E-state index is -0.508. The molecule has 1 aromatic carbocycles. The lowest BCUT2D eigenvalue weighted by Gasteiger charge is -2.31. The zero-order chi connectivity index (χ0) is 20.2. The van der Waals surface area contributed by atoms with Gasteiger partial charge in [-0.2, -0.15) is 0 Å². The number of amides is 2. The molecule has 0 radical (unpaired) electrons. The van der Waals surface area contributed by atoms with Crippen LogP contribution in [-0.4, -0.2) is 29.7 Å². The van der Waals surface area contributed by atoms with E-state index in [1.54, 1.807) is 0 Å². The van der Waals surface area contributed by atoms with Gasteiger partial charge in [-0.3, -0.25) is 4.79 Å². The smallest absolute Gasteiger partial charge is 0.407 e. The predicted octanol–water partition coefficient (Wildman–Crippen LogP) is 4.55. The number of alkyl carbamates (subject to hydrolysis) is 1. The van der Waals surface area contributed by atoms with Crippen molar-refractivity contribution in [2.24, 2.45) is 0 Å². The van der Waals surface area contributed by atoms with Crippen LogP contribution < -0.4 is 10.6 Å². The van der Waals surface area contributed by atoms with Crippen LogP contribution in [0.2, 0.25) is 0 Å². The molecule has 2 rings (SSSR count). The number of benzene rings is 1. The molecule has 1 aliphatic carbocycles. The summed E-state index contributed by atoms with van der Waals surface area (Å²) in [5, 5.41) is 6.04. The van der Waals surface area contributed by atoms with Crippen molar-refractivity contribution in [1.82, 2.24) is 10.6 Å². The van der Waals surface area contributed by atoms with E-state index in [9.17, 15) is 9.59 Å². The summed E-state index contributed by atoms with van der Waals surface area (Å²) in [5.74, 6) is -0.0571. The van der Waals surface area contributed by atoms with Crippen LogP contribution >= 0.6 is 0 Å². The van der Waals surface area contributed by atoms with Crippen molar-refractivity contribution >= 4 is 12.0 Å². The van der Waals surface area contributed by atoms with Crippen LogP contribution in [0.1, 0.15) is 83.1 Å². The first-order valence-corrected chi connectivity index (χ1v) is 9.85. The third kappa shape index (κ3) is 6.89. The standard InChI is InChI=1S/C22H34N2O3/c1-21(2,3)16-12-10-15(11-13-16)19(25)23-17-8-7-9-18(14-17)24-20(26)27-22(4,5)6/h10-13,17-18H,7-9,14H2,1-6H3,(H,23,25)(H,24,26)/t17-,18+/m1/s1. The lowest BCUT2D eigenvalue weighted by atomic mass is 9.86. The fourth-order valence-electron chi connectivity index (χ4n) is 3.32. The average molecular weight is 375 g/mol. The highest BCUT2D eigenvalue weighted by Gasteiger charge is 2.26. The molecule has 2 amide bonds. The maximum atomic E-state index is 12.6. The number of hydrogen-bond donors (Lipinski definition) is 2. The summed E-state index contributed by atoms with van der Waals surface area (Å²) in [4.78, 5) is 24.5. The van der Waals surface area contributed by atoms with E-state index in [1.807, 2.05) is 45.0 Å². The fourth-order valence-corrected chi connectivity index (χ4v) is 3.32. The quantitative estimate of drug-likeness (QED) is 0.815. The molecule has 5 nitrogen and oxygen atoms in total. The van der Waals surface area contributed by atoms with Gasteiger partial charge < -0.3 is 15.4 Å². The highest BCUT2D eigenvalue weighted by Crippen LogP contribution is 2.23. The Kier molecular flexibility index (Phi) is 6.55. The Hall–Kier alpha value is -2.04. The van der Waals surface area contributed by atoms with Gasteiger partial charge in [-0.05, 0) is 69.6 Å². The summed E-state index contributed by atoms with van der Waals surface area (Å²) in [6.07, 6.45) is 3.14. The monoisotopic (exact) mass is 374 g/mol. The number of carbonyl (C=O) groups excluding carboxylic acids is 2. The lowest BCUT2D eigenvalue weighted by molar-refractivity contribution is 0.0489. The molecule has 2 atom stereocenters. The molecular weight excluding hydrogens is 340 g/mol. The molecule has 1 aromatic rings. The molecule has 0 spiro atoms. The largest absolute Gasteiger partial charge is 0.444 e. The topological polar surface area (TPSA) is 67.4 Å². The van der Waals surface area contributed by atoms with Crippen LogP contribution in [0.4, 0.5) is 4.79 Å². The SMILES string of the molecule is CC(C)(C)OC(=O)N[C@H]1CCC[C@@H](NC(=O)c2ccc(C(C)(C)C)cc2)C1. The molecule has 0 bridgehead atoms. The van der Waals surface area contributed by atoms with Gasteiger partial charge in [0.05, 0.1) is 0 Å². The second-order valence-corrected chi connectivity index (χ2v) is 9.51. The molecule has 1 fully saturated rings. The Morgan fingerprint density at radius 3 is 2.00 bits per heavy atom. The van der Waals surface area contributed by atoms with Gasteiger partial charge >= 0.3 is 6.09 Å². The van der Waals surface area contributed by atoms with Gasteiger partial charge in [-0.1, -0.05) is 32.9 Å². The Morgan fingerprint density at radius 2 is 1.48 bits per heavy atom. The van der Waals surface area contributed by atoms with E-state index < -0.39 is 11.7 Å². The van der Waals surface area contributed by atoms with Crippen molar-refractivity contribution in [3.05, 3.63) is 35.4 Å². The number of hydrogen-bond acceptors (Lipinski definition) is 3. The van der Waals surface area contributed by atoms with Crippen LogP contribution in [-0.2, 0) is 10.2 Å². The number of nitrogens with one attached hydrogen (secondary N) is 2. The van der Waals surface area contributed by atoms with Crippen molar-refractivity contribution in [3.63, 3.8) is 0 Å². The van der Waals surface area contributed by atoms with E-state index in [4.69, 9.17) is 4.74 Å². The van der Waals surface area contributed by atoms with Gasteiger partial charge in [0.2, 0.25) is 0 Å². The Labute approximate surface area is 163 Å². The Balaban J connectivity index is 1.89. The highest BCUT2D eigenvalue weighted by molar-refractivity contribution is 5.94.